The first-order valence-corrected chi connectivity index (χ1v) is 10.3. The van der Waals surface area contributed by atoms with E-state index in [1.54, 1.807) is 47.9 Å². The highest BCUT2D eigenvalue weighted by molar-refractivity contribution is 5.88. The van der Waals surface area contributed by atoms with E-state index in [4.69, 9.17) is 9.47 Å². The minimum atomic E-state index is -0.854. The molecule has 1 aliphatic heterocycles. The lowest BCUT2D eigenvalue weighted by Crippen LogP contribution is -2.42. The van der Waals surface area contributed by atoms with Gasteiger partial charge in [0, 0.05) is 44.8 Å². The van der Waals surface area contributed by atoms with E-state index >= 15 is 0 Å². The second-order valence-corrected chi connectivity index (χ2v) is 7.39. The summed E-state index contributed by atoms with van der Waals surface area (Å²) in [6.45, 7) is 2.93. The summed E-state index contributed by atoms with van der Waals surface area (Å²) in [5.74, 6) is 0.664. The number of carbonyl (C=O) groups excluding carboxylic acids is 2. The summed E-state index contributed by atoms with van der Waals surface area (Å²) in [4.78, 5) is 35.8. The van der Waals surface area contributed by atoms with E-state index in [1.807, 2.05) is 24.3 Å². The van der Waals surface area contributed by atoms with Crippen molar-refractivity contribution in [3.63, 3.8) is 0 Å². The Morgan fingerprint density at radius 1 is 1.00 bits per heavy atom. The van der Waals surface area contributed by atoms with Crippen molar-refractivity contribution in [3.05, 3.63) is 83.9 Å². The number of pyridine rings is 2. The molecule has 0 fully saturated rings. The molecule has 1 atom stereocenters. The minimum absolute atomic E-state index is 0.224. The number of fused-ring (bicyclic) bond motifs is 1. The van der Waals surface area contributed by atoms with Gasteiger partial charge in [0.2, 0.25) is 11.8 Å². The molecular formula is C24H24N4O4. The molecule has 0 saturated heterocycles. The Morgan fingerprint density at radius 2 is 1.78 bits per heavy atom. The average Bonchev–Trinajstić information content (AvgIpc) is 2.83. The Balaban J connectivity index is 1.66. The molecule has 4 rings (SSSR count). The Morgan fingerprint density at radius 3 is 2.50 bits per heavy atom. The summed E-state index contributed by atoms with van der Waals surface area (Å²) in [5.41, 5.74) is 2.38. The topological polar surface area (TPSA) is 93.7 Å². The number of hydrogen-bond donors (Lipinski definition) is 1. The van der Waals surface area contributed by atoms with Gasteiger partial charge in [0.1, 0.15) is 19.3 Å². The summed E-state index contributed by atoms with van der Waals surface area (Å²) in [6.07, 6.45) is 6.69. The summed E-state index contributed by atoms with van der Waals surface area (Å²) >= 11 is 0. The molecule has 2 aromatic heterocycles. The number of hydrogen-bond acceptors (Lipinski definition) is 6. The molecule has 32 heavy (non-hydrogen) atoms. The summed E-state index contributed by atoms with van der Waals surface area (Å²) < 4.78 is 11.3. The van der Waals surface area contributed by atoms with Gasteiger partial charge in [0.15, 0.2) is 11.5 Å². The average molecular weight is 432 g/mol. The Labute approximate surface area is 186 Å². The standard InChI is InChI=1S/C24H24N4O4/c1-17(29)28(16-18-6-9-25-10-7-18)23(24(30)27-15-19-3-2-8-26-14-19)20-4-5-21-22(13-20)32-12-11-31-21/h2-10,13-14,23H,11-12,15-16H2,1H3,(H,27,30). The molecule has 0 radical (unpaired) electrons. The predicted octanol–water partition coefficient (Wildman–Crippen LogP) is 2.65. The molecule has 2 amide bonds. The SMILES string of the molecule is CC(=O)N(Cc1ccncc1)C(C(=O)NCc1cccnc1)c1ccc2c(c1)OCCO2. The van der Waals surface area contributed by atoms with Crippen LogP contribution in [0, 0.1) is 0 Å². The number of carbonyl (C=O) groups is 2. The number of rotatable bonds is 7. The lowest BCUT2D eigenvalue weighted by atomic mass is 10.0. The highest BCUT2D eigenvalue weighted by atomic mass is 16.6. The van der Waals surface area contributed by atoms with Crippen LogP contribution >= 0.6 is 0 Å². The van der Waals surface area contributed by atoms with Gasteiger partial charge in [-0.15, -0.1) is 0 Å². The molecule has 0 spiro atoms. The van der Waals surface area contributed by atoms with Crippen molar-refractivity contribution in [2.45, 2.75) is 26.1 Å². The van der Waals surface area contributed by atoms with Crippen LogP contribution in [-0.4, -0.2) is 39.9 Å². The van der Waals surface area contributed by atoms with Crippen molar-refractivity contribution in [1.29, 1.82) is 0 Å². The van der Waals surface area contributed by atoms with Crippen LogP contribution in [0.3, 0.4) is 0 Å². The fourth-order valence-corrected chi connectivity index (χ4v) is 3.56. The highest BCUT2D eigenvalue weighted by Gasteiger charge is 2.31. The molecule has 1 aliphatic rings. The molecule has 3 aromatic rings. The maximum absolute atomic E-state index is 13.4. The number of amides is 2. The van der Waals surface area contributed by atoms with E-state index in [-0.39, 0.29) is 18.4 Å². The number of ether oxygens (including phenoxy) is 2. The zero-order valence-electron chi connectivity index (χ0n) is 17.7. The van der Waals surface area contributed by atoms with Gasteiger partial charge in [-0.05, 0) is 47.0 Å². The zero-order chi connectivity index (χ0) is 22.3. The van der Waals surface area contributed by atoms with Gasteiger partial charge in [-0.25, -0.2) is 0 Å². The molecule has 8 heteroatoms. The number of aromatic nitrogens is 2. The lowest BCUT2D eigenvalue weighted by Gasteiger charge is -2.31. The van der Waals surface area contributed by atoms with E-state index in [0.29, 0.717) is 36.8 Å². The monoisotopic (exact) mass is 432 g/mol. The van der Waals surface area contributed by atoms with Crippen LogP contribution in [0.25, 0.3) is 0 Å². The largest absolute Gasteiger partial charge is 0.486 e. The lowest BCUT2D eigenvalue weighted by molar-refractivity contribution is -0.140. The Kier molecular flexibility index (Phi) is 6.60. The van der Waals surface area contributed by atoms with Crippen molar-refractivity contribution in [2.75, 3.05) is 13.2 Å². The van der Waals surface area contributed by atoms with Crippen LogP contribution in [0.2, 0.25) is 0 Å². The number of nitrogens with one attached hydrogen (secondary N) is 1. The second-order valence-electron chi connectivity index (χ2n) is 7.39. The van der Waals surface area contributed by atoms with E-state index in [9.17, 15) is 9.59 Å². The smallest absolute Gasteiger partial charge is 0.247 e. The van der Waals surface area contributed by atoms with Crippen molar-refractivity contribution in [3.8, 4) is 11.5 Å². The van der Waals surface area contributed by atoms with Gasteiger partial charge in [-0.1, -0.05) is 12.1 Å². The molecule has 164 valence electrons. The second kappa shape index (κ2) is 9.91. The van der Waals surface area contributed by atoms with E-state index in [0.717, 1.165) is 11.1 Å². The molecule has 8 nitrogen and oxygen atoms in total. The van der Waals surface area contributed by atoms with Crippen molar-refractivity contribution >= 4 is 11.8 Å². The molecule has 0 aliphatic carbocycles. The van der Waals surface area contributed by atoms with Crippen molar-refractivity contribution in [1.82, 2.24) is 20.2 Å². The third-order valence-corrected chi connectivity index (χ3v) is 5.14. The first-order valence-electron chi connectivity index (χ1n) is 10.3. The maximum atomic E-state index is 13.4. The maximum Gasteiger partial charge on any atom is 0.247 e. The van der Waals surface area contributed by atoms with E-state index in [1.165, 1.54) is 6.92 Å². The van der Waals surface area contributed by atoms with Crippen LogP contribution in [0.15, 0.2) is 67.3 Å². The third-order valence-electron chi connectivity index (χ3n) is 5.14. The van der Waals surface area contributed by atoms with Crippen LogP contribution in [0.4, 0.5) is 0 Å². The van der Waals surface area contributed by atoms with Crippen LogP contribution in [0.5, 0.6) is 11.5 Å². The zero-order valence-corrected chi connectivity index (χ0v) is 17.7. The highest BCUT2D eigenvalue weighted by Crippen LogP contribution is 2.35. The Bertz CT molecular complexity index is 1080. The van der Waals surface area contributed by atoms with Crippen LogP contribution in [0.1, 0.15) is 29.7 Å². The molecule has 0 bridgehead atoms. The molecule has 3 heterocycles. The molecule has 0 saturated carbocycles. The summed E-state index contributed by atoms with van der Waals surface area (Å²) in [6, 6.07) is 11.8. The Hall–Kier alpha value is -3.94. The van der Waals surface area contributed by atoms with Gasteiger partial charge < -0.3 is 19.7 Å². The summed E-state index contributed by atoms with van der Waals surface area (Å²) in [5, 5.41) is 2.94. The van der Waals surface area contributed by atoms with E-state index in [2.05, 4.69) is 15.3 Å². The van der Waals surface area contributed by atoms with Gasteiger partial charge in [-0.2, -0.15) is 0 Å². The number of nitrogens with zero attached hydrogens (tertiary/aromatic N) is 3. The molecule has 1 N–H and O–H groups in total. The number of benzene rings is 1. The summed E-state index contributed by atoms with van der Waals surface area (Å²) in [7, 11) is 0. The predicted molar refractivity (Wildman–Crippen MR) is 117 cm³/mol. The molecule has 1 unspecified atom stereocenters. The molecule has 1 aromatic carbocycles. The van der Waals surface area contributed by atoms with Crippen LogP contribution in [-0.2, 0) is 22.7 Å². The quantitative estimate of drug-likeness (QED) is 0.617. The van der Waals surface area contributed by atoms with Gasteiger partial charge in [0.05, 0.1) is 0 Å². The van der Waals surface area contributed by atoms with Gasteiger partial charge in [-0.3, -0.25) is 19.6 Å². The minimum Gasteiger partial charge on any atom is -0.486 e. The van der Waals surface area contributed by atoms with Crippen molar-refractivity contribution in [2.24, 2.45) is 0 Å². The van der Waals surface area contributed by atoms with Gasteiger partial charge in [0.25, 0.3) is 0 Å². The first-order chi connectivity index (χ1) is 15.6. The molecular weight excluding hydrogens is 408 g/mol. The first kappa shape index (κ1) is 21.3. The van der Waals surface area contributed by atoms with E-state index < -0.39 is 6.04 Å². The fraction of sp³-hybridized carbons (Fsp3) is 0.250. The normalized spacial score (nSPS) is 13.2. The third kappa shape index (κ3) is 5.03. The van der Waals surface area contributed by atoms with Crippen LogP contribution < -0.4 is 14.8 Å². The fourth-order valence-electron chi connectivity index (χ4n) is 3.56. The van der Waals surface area contributed by atoms with Crippen molar-refractivity contribution < 1.29 is 19.1 Å². The van der Waals surface area contributed by atoms with Gasteiger partial charge >= 0.3 is 0 Å².